The van der Waals surface area contributed by atoms with Crippen molar-refractivity contribution < 1.29 is 17.9 Å². The lowest BCUT2D eigenvalue weighted by molar-refractivity contribution is 0.0692. The number of benzene rings is 1. The summed E-state index contributed by atoms with van der Waals surface area (Å²) in [5.41, 5.74) is 0.560. The first-order valence-corrected chi connectivity index (χ1v) is 11.0. The highest BCUT2D eigenvalue weighted by Gasteiger charge is 2.35. The third kappa shape index (κ3) is 4.44. The summed E-state index contributed by atoms with van der Waals surface area (Å²) in [4.78, 5) is 14.4. The number of methoxy groups -OCH3 is 1. The number of amides is 1. The molecule has 1 aromatic carbocycles. The number of piperazine rings is 1. The lowest BCUT2D eigenvalue weighted by Gasteiger charge is -2.38. The van der Waals surface area contributed by atoms with Crippen LogP contribution in [-0.2, 0) is 10.2 Å². The summed E-state index contributed by atoms with van der Waals surface area (Å²) in [5.74, 6) is 0.544. The predicted molar refractivity (Wildman–Crippen MR) is 104 cm³/mol. The average molecular weight is 396 g/mol. The van der Waals surface area contributed by atoms with Crippen molar-refractivity contribution in [3.05, 3.63) is 29.8 Å². The van der Waals surface area contributed by atoms with Gasteiger partial charge in [0.2, 0.25) is 0 Å². The van der Waals surface area contributed by atoms with Crippen LogP contribution in [0.4, 0.5) is 0 Å². The second kappa shape index (κ2) is 8.58. The summed E-state index contributed by atoms with van der Waals surface area (Å²) in [6.07, 6.45) is 5.24. The highest BCUT2D eigenvalue weighted by atomic mass is 32.2. The van der Waals surface area contributed by atoms with E-state index in [9.17, 15) is 13.2 Å². The molecule has 0 unspecified atom stereocenters. The highest BCUT2D eigenvalue weighted by molar-refractivity contribution is 7.86. The van der Waals surface area contributed by atoms with E-state index in [1.165, 1.54) is 10.7 Å². The van der Waals surface area contributed by atoms with Crippen molar-refractivity contribution >= 4 is 16.1 Å². The molecule has 8 heteroatoms. The quantitative estimate of drug-likeness (QED) is 0.764. The van der Waals surface area contributed by atoms with E-state index in [1.807, 2.05) is 0 Å². The Morgan fingerprint density at radius 1 is 1.11 bits per heavy atom. The summed E-state index contributed by atoms with van der Waals surface area (Å²) in [6, 6.07) is 7.14. The molecular formula is C19H29N3O4S. The van der Waals surface area contributed by atoms with Crippen LogP contribution >= 0.6 is 0 Å². The topological polar surface area (TPSA) is 70.2 Å². The van der Waals surface area contributed by atoms with Crippen molar-refractivity contribution in [3.63, 3.8) is 0 Å². The van der Waals surface area contributed by atoms with Crippen LogP contribution < -0.4 is 4.74 Å². The Morgan fingerprint density at radius 3 is 2.41 bits per heavy atom. The van der Waals surface area contributed by atoms with Crippen molar-refractivity contribution in [3.8, 4) is 5.75 Å². The van der Waals surface area contributed by atoms with Gasteiger partial charge in [-0.15, -0.1) is 0 Å². The molecule has 7 nitrogen and oxygen atoms in total. The molecule has 27 heavy (non-hydrogen) atoms. The molecule has 0 spiro atoms. The van der Waals surface area contributed by atoms with Gasteiger partial charge in [0.25, 0.3) is 16.1 Å². The van der Waals surface area contributed by atoms with E-state index in [0.29, 0.717) is 37.5 Å². The molecule has 1 aliphatic carbocycles. The largest absolute Gasteiger partial charge is 0.497 e. The van der Waals surface area contributed by atoms with Crippen molar-refractivity contribution in [2.24, 2.45) is 0 Å². The minimum absolute atomic E-state index is 0.0911. The summed E-state index contributed by atoms with van der Waals surface area (Å²) >= 11 is 0. The molecule has 1 aliphatic heterocycles. The maximum absolute atomic E-state index is 12.9. The SMILES string of the molecule is COc1cccc(C(=O)N2CCN(S(=O)(=O)N(C)C3CCCCC3)CC2)c1. The zero-order valence-corrected chi connectivity index (χ0v) is 17.0. The van der Waals surface area contributed by atoms with Gasteiger partial charge in [0.1, 0.15) is 5.75 Å². The van der Waals surface area contributed by atoms with Crippen LogP contribution in [0.3, 0.4) is 0 Å². The van der Waals surface area contributed by atoms with Crippen LogP contribution in [0.1, 0.15) is 42.5 Å². The molecule has 2 aliphatic rings. The van der Waals surface area contributed by atoms with Crippen LogP contribution in [0.25, 0.3) is 0 Å². The standard InChI is InChI=1S/C19H29N3O4S/c1-20(17-8-4-3-5-9-17)27(24,25)22-13-11-21(12-14-22)19(23)16-7-6-10-18(15-16)26-2/h6-7,10,15,17H,3-5,8-9,11-14H2,1-2H3. The molecule has 1 amide bonds. The highest BCUT2D eigenvalue weighted by Crippen LogP contribution is 2.25. The van der Waals surface area contributed by atoms with Crippen LogP contribution in [0.5, 0.6) is 5.75 Å². The van der Waals surface area contributed by atoms with E-state index >= 15 is 0 Å². The molecule has 0 bridgehead atoms. The maximum Gasteiger partial charge on any atom is 0.282 e. The van der Waals surface area contributed by atoms with Gasteiger partial charge in [-0.2, -0.15) is 17.0 Å². The Kier molecular flexibility index (Phi) is 6.39. The smallest absolute Gasteiger partial charge is 0.282 e. The molecule has 1 aromatic rings. The van der Waals surface area contributed by atoms with Gasteiger partial charge in [-0.3, -0.25) is 4.79 Å². The van der Waals surface area contributed by atoms with Gasteiger partial charge in [0.15, 0.2) is 0 Å². The fourth-order valence-electron chi connectivity index (χ4n) is 3.88. The number of hydrogen-bond acceptors (Lipinski definition) is 4. The predicted octanol–water partition coefficient (Wildman–Crippen LogP) is 1.96. The van der Waals surface area contributed by atoms with Gasteiger partial charge in [-0.1, -0.05) is 25.3 Å². The molecule has 0 radical (unpaired) electrons. The Bertz CT molecular complexity index is 754. The van der Waals surface area contributed by atoms with E-state index in [1.54, 1.807) is 47.6 Å². The van der Waals surface area contributed by atoms with Gasteiger partial charge >= 0.3 is 0 Å². The second-order valence-corrected chi connectivity index (χ2v) is 9.23. The number of nitrogens with zero attached hydrogens (tertiary/aromatic N) is 3. The Labute approximate surface area is 162 Å². The first kappa shape index (κ1) is 20.1. The second-order valence-electron chi connectivity index (χ2n) is 7.24. The minimum Gasteiger partial charge on any atom is -0.497 e. The number of rotatable bonds is 5. The lowest BCUT2D eigenvalue weighted by atomic mass is 9.96. The third-order valence-corrected chi connectivity index (χ3v) is 7.67. The van der Waals surface area contributed by atoms with Crippen molar-refractivity contribution in [1.82, 2.24) is 13.5 Å². The number of carbonyl (C=O) groups is 1. The zero-order valence-electron chi connectivity index (χ0n) is 16.1. The van der Waals surface area contributed by atoms with Gasteiger partial charge in [-0.05, 0) is 31.0 Å². The van der Waals surface area contributed by atoms with E-state index in [2.05, 4.69) is 0 Å². The maximum atomic E-state index is 12.9. The molecule has 0 N–H and O–H groups in total. The Morgan fingerprint density at radius 2 is 1.78 bits per heavy atom. The van der Waals surface area contributed by atoms with E-state index in [0.717, 1.165) is 25.7 Å². The van der Waals surface area contributed by atoms with Crippen molar-refractivity contribution in [2.45, 2.75) is 38.1 Å². The summed E-state index contributed by atoms with van der Waals surface area (Å²) < 4.78 is 34.1. The number of hydrogen-bond donors (Lipinski definition) is 0. The summed E-state index contributed by atoms with van der Waals surface area (Å²) in [7, 11) is -0.218. The molecule has 1 saturated carbocycles. The average Bonchev–Trinajstić information content (AvgIpc) is 2.73. The summed E-state index contributed by atoms with van der Waals surface area (Å²) in [5, 5.41) is 0. The monoisotopic (exact) mass is 395 g/mol. The molecule has 1 saturated heterocycles. The number of carbonyl (C=O) groups excluding carboxylic acids is 1. The van der Waals surface area contributed by atoms with E-state index in [-0.39, 0.29) is 11.9 Å². The molecule has 3 rings (SSSR count). The molecular weight excluding hydrogens is 366 g/mol. The molecule has 150 valence electrons. The molecule has 2 fully saturated rings. The van der Waals surface area contributed by atoms with Crippen LogP contribution in [0, 0.1) is 0 Å². The summed E-state index contributed by atoms with van der Waals surface area (Å²) in [6.45, 7) is 1.45. The fraction of sp³-hybridized carbons (Fsp3) is 0.632. The normalized spacial score (nSPS) is 20.0. The van der Waals surface area contributed by atoms with E-state index in [4.69, 9.17) is 4.74 Å². The van der Waals surface area contributed by atoms with E-state index < -0.39 is 10.2 Å². The van der Waals surface area contributed by atoms with Crippen LogP contribution in [-0.4, -0.2) is 74.2 Å². The number of ether oxygens (including phenoxy) is 1. The molecule has 0 atom stereocenters. The fourth-order valence-corrected chi connectivity index (χ4v) is 5.45. The van der Waals surface area contributed by atoms with Gasteiger partial charge in [0, 0.05) is 44.8 Å². The van der Waals surface area contributed by atoms with Gasteiger partial charge < -0.3 is 9.64 Å². The van der Waals surface area contributed by atoms with Gasteiger partial charge in [0.05, 0.1) is 7.11 Å². The molecule has 0 aromatic heterocycles. The van der Waals surface area contributed by atoms with Gasteiger partial charge in [-0.25, -0.2) is 0 Å². The van der Waals surface area contributed by atoms with Crippen LogP contribution in [0.15, 0.2) is 24.3 Å². The Hall–Kier alpha value is -1.64. The zero-order chi connectivity index (χ0) is 19.4. The Balaban J connectivity index is 1.61. The molecule has 1 heterocycles. The first-order chi connectivity index (χ1) is 12.9. The minimum atomic E-state index is -3.48. The first-order valence-electron chi connectivity index (χ1n) is 9.60. The van der Waals surface area contributed by atoms with Crippen molar-refractivity contribution in [1.29, 1.82) is 0 Å². The van der Waals surface area contributed by atoms with Crippen LogP contribution in [0.2, 0.25) is 0 Å². The third-order valence-electron chi connectivity index (χ3n) is 5.62. The lowest BCUT2D eigenvalue weighted by Crippen LogP contribution is -2.55. The van der Waals surface area contributed by atoms with Crippen molar-refractivity contribution in [2.75, 3.05) is 40.3 Å².